The first-order valence-electron chi connectivity index (χ1n) is 7.52. The minimum atomic E-state index is -0.839. The second kappa shape index (κ2) is 7.64. The van der Waals surface area contributed by atoms with Crippen molar-refractivity contribution in [2.75, 3.05) is 19.7 Å². The Balaban J connectivity index is 1.88. The van der Waals surface area contributed by atoms with Crippen LogP contribution in [0.3, 0.4) is 0 Å². The van der Waals surface area contributed by atoms with E-state index in [1.165, 1.54) is 10.5 Å². The number of hydrogen-bond donors (Lipinski definition) is 1. The fourth-order valence-electron chi connectivity index (χ4n) is 2.44. The van der Waals surface area contributed by atoms with Crippen molar-refractivity contribution in [3.63, 3.8) is 0 Å². The lowest BCUT2D eigenvalue weighted by Gasteiger charge is -2.25. The summed E-state index contributed by atoms with van der Waals surface area (Å²) in [6.07, 6.45) is 3.72. The summed E-state index contributed by atoms with van der Waals surface area (Å²) in [5.74, 6) is -0.298. The van der Waals surface area contributed by atoms with Crippen molar-refractivity contribution in [3.05, 3.63) is 47.0 Å². The van der Waals surface area contributed by atoms with Crippen molar-refractivity contribution >= 4 is 12.1 Å². The maximum absolute atomic E-state index is 11.6. The summed E-state index contributed by atoms with van der Waals surface area (Å²) in [5, 5.41) is 8.91. The molecule has 0 spiro atoms. The average molecular weight is 303 g/mol. The molecule has 22 heavy (non-hydrogen) atoms. The smallest absolute Gasteiger partial charge is 0.407 e. The molecule has 5 nitrogen and oxygen atoms in total. The van der Waals surface area contributed by atoms with E-state index in [1.54, 1.807) is 19.1 Å². The maximum Gasteiger partial charge on any atom is 0.407 e. The monoisotopic (exact) mass is 303 g/mol. The third-order valence-electron chi connectivity index (χ3n) is 3.77. The number of nitrogens with zero attached hydrogens (tertiary/aromatic N) is 1. The Morgan fingerprint density at radius 3 is 2.41 bits per heavy atom. The Kier molecular flexibility index (Phi) is 5.58. The summed E-state index contributed by atoms with van der Waals surface area (Å²) in [5.41, 5.74) is 2.99. The van der Waals surface area contributed by atoms with Crippen LogP contribution in [0.1, 0.15) is 35.7 Å². The SMILES string of the molecule is CCOC(=O)c1ccc(CC=C2CCN(C(=O)O)CC2)cc1. The highest BCUT2D eigenvalue weighted by Crippen LogP contribution is 2.17. The van der Waals surface area contributed by atoms with Crippen molar-refractivity contribution < 1.29 is 19.4 Å². The Bertz CT molecular complexity index is 553. The number of likely N-dealkylation sites (tertiary alicyclic amines) is 1. The van der Waals surface area contributed by atoms with Gasteiger partial charge in [0, 0.05) is 13.1 Å². The average Bonchev–Trinajstić information content (AvgIpc) is 2.54. The molecule has 118 valence electrons. The van der Waals surface area contributed by atoms with Crippen molar-refractivity contribution in [2.45, 2.75) is 26.2 Å². The van der Waals surface area contributed by atoms with Crippen LogP contribution in [0.4, 0.5) is 4.79 Å². The van der Waals surface area contributed by atoms with Crippen LogP contribution in [0, 0.1) is 0 Å². The molecule has 1 aromatic rings. The molecule has 0 radical (unpaired) electrons. The highest BCUT2D eigenvalue weighted by atomic mass is 16.5. The lowest BCUT2D eigenvalue weighted by Crippen LogP contribution is -2.35. The predicted molar refractivity (Wildman–Crippen MR) is 83.0 cm³/mol. The minimum Gasteiger partial charge on any atom is -0.465 e. The Hall–Kier alpha value is -2.30. The summed E-state index contributed by atoms with van der Waals surface area (Å²) in [7, 11) is 0. The minimum absolute atomic E-state index is 0.298. The zero-order chi connectivity index (χ0) is 15.9. The zero-order valence-electron chi connectivity index (χ0n) is 12.7. The van der Waals surface area contributed by atoms with Crippen LogP contribution < -0.4 is 0 Å². The van der Waals surface area contributed by atoms with Crippen LogP contribution in [0.2, 0.25) is 0 Å². The summed E-state index contributed by atoms with van der Waals surface area (Å²) in [4.78, 5) is 23.9. The summed E-state index contributed by atoms with van der Waals surface area (Å²) in [6.45, 7) is 3.31. The summed E-state index contributed by atoms with van der Waals surface area (Å²) >= 11 is 0. The van der Waals surface area contributed by atoms with Gasteiger partial charge in [0.1, 0.15) is 0 Å². The fraction of sp³-hybridized carbons (Fsp3) is 0.412. The van der Waals surface area contributed by atoms with Gasteiger partial charge in [-0.05, 0) is 43.9 Å². The number of benzene rings is 1. The normalized spacial score (nSPS) is 14.6. The number of amides is 1. The van der Waals surface area contributed by atoms with E-state index in [0.717, 1.165) is 24.8 Å². The second-order valence-corrected chi connectivity index (χ2v) is 5.25. The van der Waals surface area contributed by atoms with Crippen LogP contribution in [-0.4, -0.2) is 41.8 Å². The van der Waals surface area contributed by atoms with Gasteiger partial charge in [0.2, 0.25) is 0 Å². The molecule has 0 saturated carbocycles. The van der Waals surface area contributed by atoms with E-state index in [0.29, 0.717) is 25.3 Å². The Morgan fingerprint density at radius 2 is 1.86 bits per heavy atom. The third-order valence-corrected chi connectivity index (χ3v) is 3.77. The topological polar surface area (TPSA) is 66.8 Å². The first-order valence-corrected chi connectivity index (χ1v) is 7.52. The first-order chi connectivity index (χ1) is 10.6. The van der Waals surface area contributed by atoms with E-state index in [9.17, 15) is 9.59 Å². The molecule has 0 aromatic heterocycles. The van der Waals surface area contributed by atoms with E-state index in [4.69, 9.17) is 9.84 Å². The van der Waals surface area contributed by atoms with Crippen LogP contribution in [0.5, 0.6) is 0 Å². The van der Waals surface area contributed by atoms with Crippen LogP contribution >= 0.6 is 0 Å². The number of carboxylic acid groups (broad SMARTS) is 1. The van der Waals surface area contributed by atoms with Crippen LogP contribution in [-0.2, 0) is 11.2 Å². The molecule has 1 fully saturated rings. The molecule has 0 bridgehead atoms. The van der Waals surface area contributed by atoms with Crippen molar-refractivity contribution in [1.29, 1.82) is 0 Å². The van der Waals surface area contributed by atoms with E-state index in [-0.39, 0.29) is 5.97 Å². The van der Waals surface area contributed by atoms with Gasteiger partial charge in [-0.25, -0.2) is 9.59 Å². The highest BCUT2D eigenvalue weighted by Gasteiger charge is 2.17. The van der Waals surface area contributed by atoms with Crippen molar-refractivity contribution in [1.82, 2.24) is 4.90 Å². The van der Waals surface area contributed by atoms with Crippen molar-refractivity contribution in [3.8, 4) is 0 Å². The Labute approximate surface area is 130 Å². The second-order valence-electron chi connectivity index (χ2n) is 5.25. The van der Waals surface area contributed by atoms with E-state index >= 15 is 0 Å². The molecule has 0 aliphatic carbocycles. The molecule has 0 atom stereocenters. The number of piperidine rings is 1. The summed E-state index contributed by atoms with van der Waals surface area (Å²) in [6, 6.07) is 7.41. The quantitative estimate of drug-likeness (QED) is 0.685. The largest absolute Gasteiger partial charge is 0.465 e. The molecule has 1 saturated heterocycles. The molecule has 1 aliphatic heterocycles. The van der Waals surface area contributed by atoms with Gasteiger partial charge in [-0.2, -0.15) is 0 Å². The van der Waals surface area contributed by atoms with Crippen molar-refractivity contribution in [2.24, 2.45) is 0 Å². The van der Waals surface area contributed by atoms with Gasteiger partial charge >= 0.3 is 12.1 Å². The number of esters is 1. The van der Waals surface area contributed by atoms with Gasteiger partial charge in [0.25, 0.3) is 0 Å². The van der Waals surface area contributed by atoms with Crippen LogP contribution in [0.15, 0.2) is 35.9 Å². The van der Waals surface area contributed by atoms with Gasteiger partial charge in [-0.3, -0.25) is 0 Å². The summed E-state index contributed by atoms with van der Waals surface area (Å²) < 4.78 is 4.95. The Morgan fingerprint density at radius 1 is 1.23 bits per heavy atom. The lowest BCUT2D eigenvalue weighted by atomic mass is 10.0. The zero-order valence-corrected chi connectivity index (χ0v) is 12.7. The lowest BCUT2D eigenvalue weighted by molar-refractivity contribution is 0.0526. The number of hydrogen-bond acceptors (Lipinski definition) is 3. The number of ether oxygens (including phenoxy) is 1. The number of carbonyl (C=O) groups excluding carboxylic acids is 1. The van der Waals surface area contributed by atoms with Gasteiger partial charge in [-0.15, -0.1) is 0 Å². The molecular formula is C17H21NO4. The molecule has 1 aromatic carbocycles. The van der Waals surface area contributed by atoms with E-state index in [2.05, 4.69) is 6.08 Å². The molecular weight excluding hydrogens is 282 g/mol. The molecule has 1 N–H and O–H groups in total. The number of allylic oxidation sites excluding steroid dienone is 1. The predicted octanol–water partition coefficient (Wildman–Crippen LogP) is 3.11. The van der Waals surface area contributed by atoms with Crippen LogP contribution in [0.25, 0.3) is 0 Å². The highest BCUT2D eigenvalue weighted by molar-refractivity contribution is 5.89. The van der Waals surface area contributed by atoms with Gasteiger partial charge in [0.15, 0.2) is 0 Å². The maximum atomic E-state index is 11.6. The standard InChI is InChI=1S/C17H21NO4/c1-2-22-16(19)15-7-5-13(6-8-15)3-4-14-9-11-18(12-10-14)17(20)21/h4-8H,2-3,9-12H2,1H3,(H,20,21). The number of rotatable bonds is 4. The first kappa shape index (κ1) is 16.1. The fourth-order valence-corrected chi connectivity index (χ4v) is 2.44. The van der Waals surface area contributed by atoms with E-state index in [1.807, 2.05) is 12.1 Å². The van der Waals surface area contributed by atoms with Gasteiger partial charge in [0.05, 0.1) is 12.2 Å². The van der Waals surface area contributed by atoms with Gasteiger partial charge < -0.3 is 14.7 Å². The molecule has 2 rings (SSSR count). The van der Waals surface area contributed by atoms with E-state index < -0.39 is 6.09 Å². The van der Waals surface area contributed by atoms with Gasteiger partial charge in [-0.1, -0.05) is 23.8 Å². The molecule has 5 heteroatoms. The molecule has 1 amide bonds. The molecule has 1 aliphatic rings. The molecule has 0 unspecified atom stereocenters. The third kappa shape index (κ3) is 4.35. The molecule has 1 heterocycles. The number of carbonyl (C=O) groups is 2.